The molecule has 0 aromatic heterocycles. The van der Waals surface area contributed by atoms with Crippen molar-refractivity contribution >= 4 is 11.6 Å². The molecule has 2 aromatic carbocycles. The number of nitrogens with zero attached hydrogens (tertiary/aromatic N) is 2. The highest BCUT2D eigenvalue weighted by molar-refractivity contribution is 5.92. The minimum absolute atomic E-state index is 0.0900. The normalized spacial score (nSPS) is 19.5. The topological polar surface area (TPSA) is 44.8 Å². The van der Waals surface area contributed by atoms with Crippen molar-refractivity contribution in [3.8, 4) is 5.75 Å². The molecule has 1 N–H and O–H groups in total. The van der Waals surface area contributed by atoms with Crippen LogP contribution in [0.15, 0.2) is 54.6 Å². The molecule has 0 atom stereocenters. The molecule has 0 aliphatic carbocycles. The Hall–Kier alpha value is -2.37. The molecule has 5 nitrogen and oxygen atoms in total. The van der Waals surface area contributed by atoms with Crippen molar-refractivity contribution in [2.75, 3.05) is 38.5 Å². The van der Waals surface area contributed by atoms with Gasteiger partial charge in [0.15, 0.2) is 0 Å². The van der Waals surface area contributed by atoms with Crippen LogP contribution in [0, 0.1) is 5.92 Å². The summed E-state index contributed by atoms with van der Waals surface area (Å²) < 4.78 is 6.10. The lowest BCUT2D eigenvalue weighted by molar-refractivity contribution is -0.121. The van der Waals surface area contributed by atoms with E-state index in [0.29, 0.717) is 6.10 Å². The number of likely N-dealkylation sites (tertiary alicyclic amines) is 2. The summed E-state index contributed by atoms with van der Waals surface area (Å²) in [6.07, 6.45) is 4.25. The summed E-state index contributed by atoms with van der Waals surface area (Å²) in [5.74, 6) is 1.11. The molecule has 4 rings (SSSR count). The van der Waals surface area contributed by atoms with Crippen molar-refractivity contribution in [3.05, 3.63) is 60.2 Å². The summed E-state index contributed by atoms with van der Waals surface area (Å²) in [6, 6.07) is 18.4. The van der Waals surface area contributed by atoms with E-state index >= 15 is 0 Å². The third kappa shape index (κ3) is 5.83. The van der Waals surface area contributed by atoms with Crippen LogP contribution in [0.25, 0.3) is 0 Å². The SMILES string of the molecule is CN1CCC(Oc2ccc(NC(=O)C3CCN(Cc4ccccc4)CC3)cc2)CC1. The predicted molar refractivity (Wildman–Crippen MR) is 121 cm³/mol. The zero-order chi connectivity index (χ0) is 20.8. The average Bonchev–Trinajstić information content (AvgIpc) is 2.78. The van der Waals surface area contributed by atoms with Gasteiger partial charge in [-0.15, -0.1) is 0 Å². The standard InChI is InChI=1S/C25H33N3O2/c1-27-15-13-24(14-16-27)30-23-9-7-22(8-10-23)26-25(29)21-11-17-28(18-12-21)19-20-5-3-2-4-6-20/h2-10,21,24H,11-19H2,1H3,(H,26,29). The Labute approximate surface area is 180 Å². The van der Waals surface area contributed by atoms with Crippen molar-refractivity contribution in [1.29, 1.82) is 0 Å². The van der Waals surface area contributed by atoms with Crippen LogP contribution in [0.3, 0.4) is 0 Å². The highest BCUT2D eigenvalue weighted by Crippen LogP contribution is 2.23. The van der Waals surface area contributed by atoms with E-state index in [1.165, 1.54) is 5.56 Å². The maximum atomic E-state index is 12.7. The van der Waals surface area contributed by atoms with Crippen LogP contribution in [0.4, 0.5) is 5.69 Å². The van der Waals surface area contributed by atoms with E-state index in [1.807, 2.05) is 30.3 Å². The highest BCUT2D eigenvalue weighted by atomic mass is 16.5. The van der Waals surface area contributed by atoms with E-state index < -0.39 is 0 Å². The van der Waals surface area contributed by atoms with E-state index in [4.69, 9.17) is 4.74 Å². The van der Waals surface area contributed by atoms with Crippen molar-refractivity contribution in [1.82, 2.24) is 9.80 Å². The Morgan fingerprint density at radius 1 is 0.933 bits per heavy atom. The van der Waals surface area contributed by atoms with Crippen molar-refractivity contribution in [2.24, 2.45) is 5.92 Å². The van der Waals surface area contributed by atoms with Gasteiger partial charge in [-0.05, 0) is 75.6 Å². The van der Waals surface area contributed by atoms with E-state index in [9.17, 15) is 4.79 Å². The lowest BCUT2D eigenvalue weighted by Crippen LogP contribution is -2.37. The first kappa shape index (κ1) is 20.9. The Morgan fingerprint density at radius 3 is 2.27 bits per heavy atom. The van der Waals surface area contributed by atoms with E-state index in [0.717, 1.165) is 69.8 Å². The molecule has 0 spiro atoms. The largest absolute Gasteiger partial charge is 0.490 e. The van der Waals surface area contributed by atoms with E-state index in [-0.39, 0.29) is 11.8 Å². The van der Waals surface area contributed by atoms with Gasteiger partial charge >= 0.3 is 0 Å². The Balaban J connectivity index is 1.21. The fourth-order valence-electron chi connectivity index (χ4n) is 4.35. The molecule has 0 radical (unpaired) electrons. The molecule has 2 heterocycles. The number of carbonyl (C=O) groups is 1. The first-order valence-electron chi connectivity index (χ1n) is 11.2. The van der Waals surface area contributed by atoms with Gasteiger partial charge in [-0.1, -0.05) is 30.3 Å². The third-order valence-corrected chi connectivity index (χ3v) is 6.30. The minimum Gasteiger partial charge on any atom is -0.490 e. The van der Waals surface area contributed by atoms with Gasteiger partial charge in [-0.25, -0.2) is 0 Å². The monoisotopic (exact) mass is 407 g/mol. The quantitative estimate of drug-likeness (QED) is 0.786. The number of anilines is 1. The van der Waals surface area contributed by atoms with Gasteiger partial charge in [-0.3, -0.25) is 9.69 Å². The molecular formula is C25H33N3O2. The molecule has 0 unspecified atom stereocenters. The molecule has 2 fully saturated rings. The fraction of sp³-hybridized carbons (Fsp3) is 0.480. The van der Waals surface area contributed by atoms with Gasteiger partial charge in [0.2, 0.25) is 5.91 Å². The molecule has 160 valence electrons. The van der Waals surface area contributed by atoms with Gasteiger partial charge in [0, 0.05) is 31.2 Å². The number of benzene rings is 2. The summed E-state index contributed by atoms with van der Waals surface area (Å²) in [7, 11) is 2.15. The van der Waals surface area contributed by atoms with Crippen molar-refractivity contribution < 1.29 is 9.53 Å². The zero-order valence-electron chi connectivity index (χ0n) is 17.9. The van der Waals surface area contributed by atoms with Gasteiger partial charge < -0.3 is 15.0 Å². The first-order chi connectivity index (χ1) is 14.7. The fourth-order valence-corrected chi connectivity index (χ4v) is 4.35. The molecule has 2 saturated heterocycles. The van der Waals surface area contributed by atoms with Gasteiger partial charge in [0.05, 0.1) is 0 Å². The summed E-state index contributed by atoms with van der Waals surface area (Å²) in [5, 5.41) is 3.09. The Kier molecular flexibility index (Phi) is 7.03. The summed E-state index contributed by atoms with van der Waals surface area (Å²) >= 11 is 0. The molecule has 2 aliphatic heterocycles. The molecule has 0 bridgehead atoms. The number of ether oxygens (including phenoxy) is 1. The number of piperidine rings is 2. The van der Waals surface area contributed by atoms with Crippen LogP contribution in [-0.2, 0) is 11.3 Å². The second-order valence-corrected chi connectivity index (χ2v) is 8.67. The van der Waals surface area contributed by atoms with E-state index in [1.54, 1.807) is 0 Å². The van der Waals surface area contributed by atoms with Crippen LogP contribution in [0.1, 0.15) is 31.2 Å². The van der Waals surface area contributed by atoms with Crippen LogP contribution < -0.4 is 10.1 Å². The zero-order valence-corrected chi connectivity index (χ0v) is 17.9. The number of carbonyl (C=O) groups excluding carboxylic acids is 1. The van der Waals surface area contributed by atoms with Crippen LogP contribution in [0.5, 0.6) is 5.75 Å². The second-order valence-electron chi connectivity index (χ2n) is 8.67. The van der Waals surface area contributed by atoms with E-state index in [2.05, 4.69) is 46.4 Å². The molecule has 2 aliphatic rings. The van der Waals surface area contributed by atoms with Gasteiger partial charge in [-0.2, -0.15) is 0 Å². The lowest BCUT2D eigenvalue weighted by Gasteiger charge is -2.31. The average molecular weight is 408 g/mol. The van der Waals surface area contributed by atoms with Crippen LogP contribution >= 0.6 is 0 Å². The number of amides is 1. The molecule has 2 aromatic rings. The summed E-state index contributed by atoms with van der Waals surface area (Å²) in [6.45, 7) is 5.08. The second kappa shape index (κ2) is 10.1. The van der Waals surface area contributed by atoms with Gasteiger partial charge in [0.25, 0.3) is 0 Å². The third-order valence-electron chi connectivity index (χ3n) is 6.30. The molecule has 5 heteroatoms. The minimum atomic E-state index is 0.0900. The Morgan fingerprint density at radius 2 is 1.60 bits per heavy atom. The first-order valence-corrected chi connectivity index (χ1v) is 11.2. The van der Waals surface area contributed by atoms with Gasteiger partial charge in [0.1, 0.15) is 11.9 Å². The number of hydrogen-bond acceptors (Lipinski definition) is 4. The smallest absolute Gasteiger partial charge is 0.227 e. The van der Waals surface area contributed by atoms with Crippen molar-refractivity contribution in [3.63, 3.8) is 0 Å². The number of rotatable bonds is 6. The molecular weight excluding hydrogens is 374 g/mol. The van der Waals surface area contributed by atoms with Crippen LogP contribution in [-0.4, -0.2) is 55.0 Å². The van der Waals surface area contributed by atoms with Crippen molar-refractivity contribution in [2.45, 2.75) is 38.3 Å². The number of nitrogens with one attached hydrogen (secondary N) is 1. The van der Waals surface area contributed by atoms with Crippen LogP contribution in [0.2, 0.25) is 0 Å². The highest BCUT2D eigenvalue weighted by Gasteiger charge is 2.25. The molecule has 1 amide bonds. The molecule has 0 saturated carbocycles. The lowest BCUT2D eigenvalue weighted by atomic mass is 9.95. The predicted octanol–water partition coefficient (Wildman–Crippen LogP) is 4.01. The maximum absolute atomic E-state index is 12.7. The maximum Gasteiger partial charge on any atom is 0.227 e. The summed E-state index contributed by atoms with van der Waals surface area (Å²) in [4.78, 5) is 17.5. The Bertz CT molecular complexity index is 793. The number of hydrogen-bond donors (Lipinski definition) is 1. The molecule has 30 heavy (non-hydrogen) atoms. The summed E-state index contributed by atoms with van der Waals surface area (Å²) in [5.41, 5.74) is 2.19.